The smallest absolute Gasteiger partial charge is 0.0203 e. The monoisotopic (exact) mass is 295 g/mol. The van der Waals surface area contributed by atoms with Gasteiger partial charge in [0.1, 0.15) is 0 Å². The molecule has 0 fully saturated rings. The van der Waals surface area contributed by atoms with E-state index in [4.69, 9.17) is 0 Å². The largest absolute Gasteiger partial charge is 0.309 e. The van der Waals surface area contributed by atoms with E-state index in [1.165, 1.54) is 32.1 Å². The average Bonchev–Trinajstić information content (AvgIpc) is 2.46. The molecule has 0 aliphatic carbocycles. The van der Waals surface area contributed by atoms with Crippen LogP contribution in [0.4, 0.5) is 0 Å². The molecule has 1 aliphatic heterocycles. The second-order valence-corrected chi connectivity index (χ2v) is 6.89. The molecular weight excluding hydrogens is 274 g/mol. The molecule has 108 valence electrons. The molecule has 1 aliphatic rings. The first-order valence-electron chi connectivity index (χ1n) is 7.38. The second kappa shape index (κ2) is 6.08. The summed E-state index contributed by atoms with van der Waals surface area (Å²) in [5, 5.41) is 0. The van der Waals surface area contributed by atoms with Gasteiger partial charge in [-0.2, -0.15) is 0 Å². The van der Waals surface area contributed by atoms with Gasteiger partial charge in [0, 0.05) is 16.3 Å². The van der Waals surface area contributed by atoms with Crippen LogP contribution in [0.15, 0.2) is 58.3 Å². The van der Waals surface area contributed by atoms with Gasteiger partial charge in [0.2, 0.25) is 0 Å². The number of hydrogen-bond acceptors (Lipinski definition) is 2. The van der Waals surface area contributed by atoms with Gasteiger partial charge in [-0.1, -0.05) is 48.2 Å². The fraction of sp³-hybridized carbons (Fsp3) is 0.263. The van der Waals surface area contributed by atoms with Crippen molar-refractivity contribution < 1.29 is 0 Å². The Balaban J connectivity index is 2.05. The lowest BCUT2D eigenvalue weighted by atomic mass is 9.95. The van der Waals surface area contributed by atoms with Crippen LogP contribution in [0, 0.1) is 6.92 Å². The molecule has 2 heteroatoms. The molecule has 3 rings (SSSR count). The van der Waals surface area contributed by atoms with Gasteiger partial charge >= 0.3 is 0 Å². The van der Waals surface area contributed by atoms with Crippen LogP contribution in [0.1, 0.15) is 23.1 Å². The molecule has 1 nitrogen and oxygen atoms in total. The van der Waals surface area contributed by atoms with Crippen LogP contribution in [0.25, 0.3) is 5.57 Å². The van der Waals surface area contributed by atoms with Gasteiger partial charge in [0.15, 0.2) is 0 Å². The molecule has 0 bridgehead atoms. The molecule has 2 aromatic carbocycles. The standard InChI is InChI=1S/C19H21NS/c1-14-10-11-17-15(8-6-12-20(2)3)16-7-4-5-9-18(16)21-19(17)13-14/h4-5,7-11,13H,6,12H2,1-3H3/b15-8-. The van der Waals surface area contributed by atoms with Gasteiger partial charge in [-0.25, -0.2) is 0 Å². The quantitative estimate of drug-likeness (QED) is 0.680. The lowest BCUT2D eigenvalue weighted by Crippen LogP contribution is -2.12. The average molecular weight is 295 g/mol. The number of aryl methyl sites for hydroxylation is 1. The van der Waals surface area contributed by atoms with Crippen LogP contribution in [-0.2, 0) is 0 Å². The Hall–Kier alpha value is -1.51. The normalized spacial score (nSPS) is 15.1. The van der Waals surface area contributed by atoms with Gasteiger partial charge in [-0.05, 0) is 61.8 Å². The number of nitrogens with zero attached hydrogens (tertiary/aromatic N) is 1. The zero-order chi connectivity index (χ0) is 14.8. The molecule has 1 heterocycles. The third kappa shape index (κ3) is 3.07. The summed E-state index contributed by atoms with van der Waals surface area (Å²) in [4.78, 5) is 4.98. The van der Waals surface area contributed by atoms with E-state index in [2.05, 4.69) is 74.5 Å². The highest BCUT2D eigenvalue weighted by Gasteiger charge is 2.20. The summed E-state index contributed by atoms with van der Waals surface area (Å²) in [5.74, 6) is 0. The number of rotatable bonds is 3. The maximum absolute atomic E-state index is 2.40. The highest BCUT2D eigenvalue weighted by molar-refractivity contribution is 7.99. The third-order valence-electron chi connectivity index (χ3n) is 3.75. The maximum Gasteiger partial charge on any atom is 0.0203 e. The molecule has 0 aromatic heterocycles. The third-order valence-corrected chi connectivity index (χ3v) is 4.88. The molecular formula is C19H21NS. The van der Waals surface area contributed by atoms with Crippen LogP contribution < -0.4 is 0 Å². The van der Waals surface area contributed by atoms with Gasteiger partial charge in [0.25, 0.3) is 0 Å². The summed E-state index contributed by atoms with van der Waals surface area (Å²) >= 11 is 1.89. The Morgan fingerprint density at radius 3 is 2.57 bits per heavy atom. The molecule has 0 atom stereocenters. The van der Waals surface area contributed by atoms with E-state index in [0.29, 0.717) is 0 Å². The highest BCUT2D eigenvalue weighted by Crippen LogP contribution is 2.45. The molecule has 0 radical (unpaired) electrons. The van der Waals surface area contributed by atoms with E-state index < -0.39 is 0 Å². The minimum Gasteiger partial charge on any atom is -0.309 e. The topological polar surface area (TPSA) is 3.24 Å². The van der Waals surface area contributed by atoms with Gasteiger partial charge in [0.05, 0.1) is 0 Å². The SMILES string of the molecule is Cc1ccc2c(c1)Sc1ccccc1/C2=C/CCN(C)C. The van der Waals surface area contributed by atoms with Crippen LogP contribution >= 0.6 is 11.8 Å². The fourth-order valence-corrected chi connectivity index (χ4v) is 3.87. The summed E-state index contributed by atoms with van der Waals surface area (Å²) in [6.45, 7) is 3.25. The first-order chi connectivity index (χ1) is 10.1. The van der Waals surface area contributed by atoms with E-state index >= 15 is 0 Å². The van der Waals surface area contributed by atoms with Crippen LogP contribution in [0.2, 0.25) is 0 Å². The van der Waals surface area contributed by atoms with Crippen molar-refractivity contribution in [2.75, 3.05) is 20.6 Å². The summed E-state index contributed by atoms with van der Waals surface area (Å²) in [5.41, 5.74) is 5.47. The van der Waals surface area contributed by atoms with E-state index in [9.17, 15) is 0 Å². The minimum absolute atomic E-state index is 1.08. The number of benzene rings is 2. The Kier molecular flexibility index (Phi) is 4.18. The Morgan fingerprint density at radius 1 is 1.00 bits per heavy atom. The second-order valence-electron chi connectivity index (χ2n) is 5.81. The first kappa shape index (κ1) is 14.4. The van der Waals surface area contributed by atoms with E-state index in [0.717, 1.165) is 13.0 Å². The molecule has 0 saturated heterocycles. The lowest BCUT2D eigenvalue weighted by Gasteiger charge is -2.22. The summed E-state index contributed by atoms with van der Waals surface area (Å²) < 4.78 is 0. The molecule has 21 heavy (non-hydrogen) atoms. The zero-order valence-corrected chi connectivity index (χ0v) is 13.7. The Labute approximate surface area is 131 Å². The van der Waals surface area contributed by atoms with Crippen molar-refractivity contribution in [3.05, 3.63) is 65.2 Å². The van der Waals surface area contributed by atoms with Gasteiger partial charge in [-0.3, -0.25) is 0 Å². The predicted octanol–water partition coefficient (Wildman–Crippen LogP) is 4.84. The fourth-order valence-electron chi connectivity index (χ4n) is 2.67. The summed E-state index contributed by atoms with van der Waals surface area (Å²) in [7, 11) is 4.25. The first-order valence-corrected chi connectivity index (χ1v) is 8.20. The number of hydrogen-bond donors (Lipinski definition) is 0. The van der Waals surface area contributed by atoms with E-state index in [-0.39, 0.29) is 0 Å². The minimum atomic E-state index is 1.08. The summed E-state index contributed by atoms with van der Waals surface area (Å²) in [6.07, 6.45) is 3.47. The van der Waals surface area contributed by atoms with Crippen LogP contribution in [0.5, 0.6) is 0 Å². The van der Waals surface area contributed by atoms with Crippen molar-refractivity contribution in [2.24, 2.45) is 0 Å². The Bertz CT molecular complexity index is 686. The molecule has 2 aromatic rings. The van der Waals surface area contributed by atoms with Crippen molar-refractivity contribution in [3.63, 3.8) is 0 Å². The molecule has 0 amide bonds. The van der Waals surface area contributed by atoms with Crippen LogP contribution in [-0.4, -0.2) is 25.5 Å². The van der Waals surface area contributed by atoms with Crippen molar-refractivity contribution >= 4 is 17.3 Å². The summed E-state index contributed by atoms with van der Waals surface area (Å²) in [6, 6.07) is 15.5. The lowest BCUT2D eigenvalue weighted by molar-refractivity contribution is 0.417. The van der Waals surface area contributed by atoms with Crippen molar-refractivity contribution in [3.8, 4) is 0 Å². The molecule has 0 spiro atoms. The highest BCUT2D eigenvalue weighted by atomic mass is 32.2. The zero-order valence-electron chi connectivity index (χ0n) is 12.9. The van der Waals surface area contributed by atoms with Crippen molar-refractivity contribution in [1.29, 1.82) is 0 Å². The molecule has 0 unspecified atom stereocenters. The molecule has 0 saturated carbocycles. The Morgan fingerprint density at radius 2 is 1.76 bits per heavy atom. The predicted molar refractivity (Wildman–Crippen MR) is 92.0 cm³/mol. The molecule has 0 N–H and O–H groups in total. The van der Waals surface area contributed by atoms with Gasteiger partial charge < -0.3 is 4.90 Å². The van der Waals surface area contributed by atoms with Crippen molar-refractivity contribution in [1.82, 2.24) is 4.90 Å². The van der Waals surface area contributed by atoms with E-state index in [1.54, 1.807) is 0 Å². The van der Waals surface area contributed by atoms with Crippen molar-refractivity contribution in [2.45, 2.75) is 23.1 Å². The van der Waals surface area contributed by atoms with Gasteiger partial charge in [-0.15, -0.1) is 0 Å². The number of fused-ring (bicyclic) bond motifs is 2. The van der Waals surface area contributed by atoms with Crippen LogP contribution in [0.3, 0.4) is 0 Å². The van der Waals surface area contributed by atoms with E-state index in [1.807, 2.05) is 11.8 Å². The maximum atomic E-state index is 2.40.